The molecule has 5 nitrogen and oxygen atoms in total. The minimum absolute atomic E-state index is 0.0732. The van der Waals surface area contributed by atoms with Gasteiger partial charge in [-0.25, -0.2) is 0 Å². The van der Waals surface area contributed by atoms with E-state index in [1.807, 2.05) is 22.6 Å². The summed E-state index contributed by atoms with van der Waals surface area (Å²) >= 11 is 13.7. The fourth-order valence-corrected chi connectivity index (χ4v) is 2.28. The topological polar surface area (TPSA) is 72.2 Å². The van der Waals surface area contributed by atoms with Crippen LogP contribution in [0.3, 0.4) is 0 Å². The standard InChI is InChI=1S/C13H7Cl2IN2O3/c14-8-2-4-11(12(6-8)18(20)21)17-13(19)7-1-3-10(16)9(15)5-7/h1-6H,(H,17,19). The van der Waals surface area contributed by atoms with Gasteiger partial charge in [-0.2, -0.15) is 0 Å². The summed E-state index contributed by atoms with van der Waals surface area (Å²) in [5.74, 6) is -0.487. The fraction of sp³-hybridized carbons (Fsp3) is 0. The van der Waals surface area contributed by atoms with E-state index in [2.05, 4.69) is 5.32 Å². The Morgan fingerprint density at radius 1 is 1.19 bits per heavy atom. The minimum Gasteiger partial charge on any atom is -0.316 e. The molecule has 0 fully saturated rings. The molecule has 2 rings (SSSR count). The average Bonchev–Trinajstić information content (AvgIpc) is 2.43. The van der Waals surface area contributed by atoms with Crippen molar-refractivity contribution < 1.29 is 9.72 Å². The molecule has 1 N–H and O–H groups in total. The molecule has 0 aliphatic carbocycles. The molecule has 0 aliphatic rings. The SMILES string of the molecule is O=C(Nc1ccc(Cl)cc1[N+](=O)[O-])c1ccc(I)c(Cl)c1. The zero-order valence-electron chi connectivity index (χ0n) is 10.3. The van der Waals surface area contributed by atoms with E-state index in [-0.39, 0.29) is 16.4 Å². The first-order chi connectivity index (χ1) is 9.88. The number of amides is 1. The molecule has 2 aromatic rings. The van der Waals surface area contributed by atoms with Crippen LogP contribution in [0.25, 0.3) is 0 Å². The molecule has 8 heteroatoms. The molecule has 2 aromatic carbocycles. The van der Waals surface area contributed by atoms with Crippen molar-refractivity contribution in [2.75, 3.05) is 5.32 Å². The van der Waals surface area contributed by atoms with Crippen LogP contribution in [0.5, 0.6) is 0 Å². The largest absolute Gasteiger partial charge is 0.316 e. The lowest BCUT2D eigenvalue weighted by molar-refractivity contribution is -0.383. The van der Waals surface area contributed by atoms with E-state index in [0.717, 1.165) is 3.57 Å². The molecule has 21 heavy (non-hydrogen) atoms. The Morgan fingerprint density at radius 2 is 1.90 bits per heavy atom. The summed E-state index contributed by atoms with van der Waals surface area (Å²) in [7, 11) is 0. The number of halogens is 3. The molecule has 0 spiro atoms. The highest BCUT2D eigenvalue weighted by Gasteiger charge is 2.17. The second-order valence-corrected chi connectivity index (χ2v) is 6.01. The predicted octanol–water partition coefficient (Wildman–Crippen LogP) is 4.76. The quantitative estimate of drug-likeness (QED) is 0.428. The Balaban J connectivity index is 2.31. The predicted molar refractivity (Wildman–Crippen MR) is 90.2 cm³/mol. The van der Waals surface area contributed by atoms with Crippen LogP contribution in [0.4, 0.5) is 11.4 Å². The molecule has 0 aliphatic heterocycles. The molecule has 108 valence electrons. The molecule has 0 heterocycles. The van der Waals surface area contributed by atoms with Gasteiger partial charge in [0.1, 0.15) is 5.69 Å². The second kappa shape index (κ2) is 6.59. The molecule has 1 amide bonds. The van der Waals surface area contributed by atoms with Crippen molar-refractivity contribution in [3.05, 3.63) is 65.7 Å². The lowest BCUT2D eigenvalue weighted by Gasteiger charge is -2.07. The summed E-state index contributed by atoms with van der Waals surface area (Å²) in [6, 6.07) is 8.80. The van der Waals surface area contributed by atoms with Gasteiger partial charge in [0.25, 0.3) is 11.6 Å². The van der Waals surface area contributed by atoms with Gasteiger partial charge in [-0.15, -0.1) is 0 Å². The molecular weight excluding hydrogens is 430 g/mol. The molecule has 0 bridgehead atoms. The van der Waals surface area contributed by atoms with Crippen molar-refractivity contribution in [3.63, 3.8) is 0 Å². The van der Waals surface area contributed by atoms with Gasteiger partial charge in [0.05, 0.1) is 9.95 Å². The highest BCUT2D eigenvalue weighted by molar-refractivity contribution is 14.1. The maximum atomic E-state index is 12.1. The van der Waals surface area contributed by atoms with Crippen LogP contribution in [0.15, 0.2) is 36.4 Å². The highest BCUT2D eigenvalue weighted by atomic mass is 127. The van der Waals surface area contributed by atoms with Gasteiger partial charge in [0, 0.05) is 20.2 Å². The Kier molecular flexibility index (Phi) is 5.02. The van der Waals surface area contributed by atoms with Gasteiger partial charge < -0.3 is 5.32 Å². The van der Waals surface area contributed by atoms with Gasteiger partial charge in [0.15, 0.2) is 0 Å². The lowest BCUT2D eigenvalue weighted by Crippen LogP contribution is -2.13. The van der Waals surface area contributed by atoms with Gasteiger partial charge in [0.2, 0.25) is 0 Å². The summed E-state index contributed by atoms with van der Waals surface area (Å²) in [6.07, 6.45) is 0. The smallest absolute Gasteiger partial charge is 0.294 e. The highest BCUT2D eigenvalue weighted by Crippen LogP contribution is 2.28. The maximum Gasteiger partial charge on any atom is 0.294 e. The number of carbonyl (C=O) groups is 1. The van der Waals surface area contributed by atoms with Crippen molar-refractivity contribution >= 4 is 63.1 Å². The van der Waals surface area contributed by atoms with Crippen LogP contribution >= 0.6 is 45.8 Å². The zero-order chi connectivity index (χ0) is 15.6. The van der Waals surface area contributed by atoms with Gasteiger partial charge in [-0.3, -0.25) is 14.9 Å². The molecule has 0 radical (unpaired) electrons. The number of nitro groups is 1. The van der Waals surface area contributed by atoms with Crippen LogP contribution in [0.2, 0.25) is 10.0 Å². The summed E-state index contributed by atoms with van der Waals surface area (Å²) in [6.45, 7) is 0. The number of rotatable bonds is 3. The normalized spacial score (nSPS) is 10.2. The van der Waals surface area contributed by atoms with E-state index in [1.54, 1.807) is 12.1 Å². The number of hydrogen-bond acceptors (Lipinski definition) is 3. The lowest BCUT2D eigenvalue weighted by atomic mass is 10.2. The number of nitrogens with one attached hydrogen (secondary N) is 1. The second-order valence-electron chi connectivity index (χ2n) is 4.00. The van der Waals surface area contributed by atoms with Gasteiger partial charge >= 0.3 is 0 Å². The first kappa shape index (κ1) is 16.0. The maximum absolute atomic E-state index is 12.1. The van der Waals surface area contributed by atoms with Crippen LogP contribution < -0.4 is 5.32 Å². The van der Waals surface area contributed by atoms with Gasteiger partial charge in [-0.05, 0) is 52.9 Å². The van der Waals surface area contributed by atoms with E-state index in [1.165, 1.54) is 24.3 Å². The van der Waals surface area contributed by atoms with E-state index < -0.39 is 10.8 Å². The Labute approximate surface area is 143 Å². The number of anilines is 1. The summed E-state index contributed by atoms with van der Waals surface area (Å²) in [4.78, 5) is 22.5. The fourth-order valence-electron chi connectivity index (χ4n) is 1.59. The third-order valence-electron chi connectivity index (χ3n) is 2.59. The van der Waals surface area contributed by atoms with Crippen molar-refractivity contribution in [1.29, 1.82) is 0 Å². The third-order valence-corrected chi connectivity index (χ3v) is 4.39. The minimum atomic E-state index is -0.609. The van der Waals surface area contributed by atoms with Crippen molar-refractivity contribution in [1.82, 2.24) is 0 Å². The van der Waals surface area contributed by atoms with Crippen LogP contribution in [-0.4, -0.2) is 10.8 Å². The van der Waals surface area contributed by atoms with E-state index in [0.29, 0.717) is 10.6 Å². The first-order valence-corrected chi connectivity index (χ1v) is 7.42. The van der Waals surface area contributed by atoms with Crippen LogP contribution in [0, 0.1) is 13.7 Å². The molecule has 0 saturated heterocycles. The number of carbonyl (C=O) groups excluding carboxylic acids is 1. The summed E-state index contributed by atoms with van der Waals surface area (Å²) in [5.41, 5.74) is 0.112. The van der Waals surface area contributed by atoms with E-state index in [9.17, 15) is 14.9 Å². The molecule has 0 saturated carbocycles. The van der Waals surface area contributed by atoms with Crippen molar-refractivity contribution in [2.45, 2.75) is 0 Å². The zero-order valence-corrected chi connectivity index (χ0v) is 13.9. The van der Waals surface area contributed by atoms with Crippen molar-refractivity contribution in [3.8, 4) is 0 Å². The third kappa shape index (κ3) is 3.84. The van der Waals surface area contributed by atoms with Crippen LogP contribution in [-0.2, 0) is 0 Å². The molecule has 0 unspecified atom stereocenters. The molecule has 0 aromatic heterocycles. The van der Waals surface area contributed by atoms with E-state index in [4.69, 9.17) is 23.2 Å². The monoisotopic (exact) mass is 436 g/mol. The molecule has 0 atom stereocenters. The molecular formula is C13H7Cl2IN2O3. The Morgan fingerprint density at radius 3 is 2.52 bits per heavy atom. The van der Waals surface area contributed by atoms with E-state index >= 15 is 0 Å². The van der Waals surface area contributed by atoms with Crippen LogP contribution in [0.1, 0.15) is 10.4 Å². The number of hydrogen-bond donors (Lipinski definition) is 1. The summed E-state index contributed by atoms with van der Waals surface area (Å²) < 4.78 is 0.809. The van der Waals surface area contributed by atoms with Gasteiger partial charge in [-0.1, -0.05) is 23.2 Å². The number of benzene rings is 2. The first-order valence-electron chi connectivity index (χ1n) is 5.59. The van der Waals surface area contributed by atoms with Crippen molar-refractivity contribution in [2.24, 2.45) is 0 Å². The Bertz CT molecular complexity index is 737. The summed E-state index contributed by atoms with van der Waals surface area (Å²) in [5, 5.41) is 14.1. The average molecular weight is 437 g/mol. The number of nitrogens with zero attached hydrogens (tertiary/aromatic N) is 1. The number of nitro benzene ring substituents is 1. The Hall–Kier alpha value is -1.38.